The normalized spacial score (nSPS) is 13.0. The maximum absolute atomic E-state index is 13.2. The molecular weight excluding hydrogens is 445 g/mol. The minimum Gasteiger partial charge on any atom is -0.312 e. The lowest BCUT2D eigenvalue weighted by molar-refractivity contribution is -0.118. The fourth-order valence-electron chi connectivity index (χ4n) is 3.96. The van der Waals surface area contributed by atoms with E-state index in [-0.39, 0.29) is 17.3 Å². The molecule has 0 bridgehead atoms. The van der Waals surface area contributed by atoms with Crippen LogP contribution in [0.2, 0.25) is 0 Å². The number of carbonyl (C=O) groups excluding carboxylic acids is 1. The first-order valence-electron chi connectivity index (χ1n) is 10.3. The number of H-pyrrole nitrogens is 1. The van der Waals surface area contributed by atoms with Gasteiger partial charge in [-0.15, -0.1) is 11.3 Å². The van der Waals surface area contributed by atoms with Crippen molar-refractivity contribution in [1.29, 1.82) is 0 Å². The van der Waals surface area contributed by atoms with E-state index in [9.17, 15) is 14.0 Å². The molecule has 0 spiro atoms. The zero-order chi connectivity index (χ0) is 22.1. The van der Waals surface area contributed by atoms with Gasteiger partial charge in [0.1, 0.15) is 16.5 Å². The lowest BCUT2D eigenvalue weighted by atomic mass is 10.1. The molecule has 2 aromatic carbocycles. The first-order chi connectivity index (χ1) is 15.6. The minimum absolute atomic E-state index is 0.126. The maximum atomic E-state index is 13.2. The van der Waals surface area contributed by atoms with E-state index in [2.05, 4.69) is 16.0 Å². The van der Waals surface area contributed by atoms with Gasteiger partial charge in [0.15, 0.2) is 0 Å². The van der Waals surface area contributed by atoms with Crippen molar-refractivity contribution < 1.29 is 9.18 Å². The predicted octanol–water partition coefficient (Wildman–Crippen LogP) is 5.00. The Balaban J connectivity index is 1.22. The van der Waals surface area contributed by atoms with Gasteiger partial charge in [0, 0.05) is 35.3 Å². The maximum Gasteiger partial charge on any atom is 0.260 e. The third-order valence-corrected chi connectivity index (χ3v) is 7.38. The molecule has 5 rings (SSSR count). The highest BCUT2D eigenvalue weighted by Crippen LogP contribution is 2.31. The van der Waals surface area contributed by atoms with Crippen LogP contribution in [0, 0.1) is 5.82 Å². The van der Waals surface area contributed by atoms with E-state index < -0.39 is 0 Å². The first-order valence-corrected chi connectivity index (χ1v) is 12.4. The van der Waals surface area contributed by atoms with Gasteiger partial charge in [-0.2, -0.15) is 11.8 Å². The summed E-state index contributed by atoms with van der Waals surface area (Å²) in [5, 5.41) is 2.40. The molecule has 0 saturated carbocycles. The van der Waals surface area contributed by atoms with E-state index in [1.54, 1.807) is 23.9 Å². The van der Waals surface area contributed by atoms with Crippen LogP contribution in [0.3, 0.4) is 0 Å². The molecule has 1 aliphatic heterocycles. The number of amides is 1. The second kappa shape index (κ2) is 8.88. The van der Waals surface area contributed by atoms with Crippen molar-refractivity contribution in [3.8, 4) is 11.1 Å². The predicted molar refractivity (Wildman–Crippen MR) is 129 cm³/mol. The lowest BCUT2D eigenvalue weighted by Crippen LogP contribution is -2.29. The molecule has 5 nitrogen and oxygen atoms in total. The highest BCUT2D eigenvalue weighted by Gasteiger charge is 2.23. The molecule has 0 aliphatic carbocycles. The van der Waals surface area contributed by atoms with E-state index in [0.717, 1.165) is 29.8 Å². The van der Waals surface area contributed by atoms with Gasteiger partial charge < -0.3 is 9.88 Å². The Morgan fingerprint density at radius 3 is 2.84 bits per heavy atom. The number of rotatable bonds is 6. The lowest BCUT2D eigenvalue weighted by Gasteiger charge is -2.17. The van der Waals surface area contributed by atoms with Crippen LogP contribution in [0.5, 0.6) is 0 Å². The van der Waals surface area contributed by atoms with Crippen molar-refractivity contribution >= 4 is 44.9 Å². The number of hydrogen-bond acceptors (Lipinski definition) is 5. The topological polar surface area (TPSA) is 66.1 Å². The van der Waals surface area contributed by atoms with Crippen LogP contribution in [0.25, 0.3) is 21.3 Å². The number of para-hydroxylation sites is 1. The molecule has 3 heterocycles. The van der Waals surface area contributed by atoms with Crippen LogP contribution in [-0.4, -0.2) is 28.2 Å². The van der Waals surface area contributed by atoms with Crippen molar-refractivity contribution in [3.63, 3.8) is 0 Å². The number of carbonyl (C=O) groups is 1. The SMILES string of the molecule is O=C(CCSCc1nc2scc(-c3ccc(F)cc3)c2c(=O)[nH]1)N1CCc2ccccc21. The third-order valence-electron chi connectivity index (χ3n) is 5.54. The van der Waals surface area contributed by atoms with Crippen molar-refractivity contribution in [1.82, 2.24) is 9.97 Å². The third kappa shape index (κ3) is 4.08. The number of anilines is 1. The zero-order valence-corrected chi connectivity index (χ0v) is 18.8. The highest BCUT2D eigenvalue weighted by atomic mass is 32.2. The quantitative estimate of drug-likeness (QED) is 0.407. The van der Waals surface area contributed by atoms with E-state index in [4.69, 9.17) is 0 Å². The van der Waals surface area contributed by atoms with Crippen LogP contribution in [-0.2, 0) is 17.0 Å². The number of nitrogens with one attached hydrogen (secondary N) is 1. The van der Waals surface area contributed by atoms with Gasteiger partial charge in [-0.25, -0.2) is 9.37 Å². The van der Waals surface area contributed by atoms with Crippen molar-refractivity contribution in [2.24, 2.45) is 0 Å². The van der Waals surface area contributed by atoms with Crippen LogP contribution in [0.15, 0.2) is 58.7 Å². The van der Waals surface area contributed by atoms with E-state index >= 15 is 0 Å². The standard InChI is InChI=1S/C24H20FN3O2S2/c25-17-7-5-15(6-8-17)18-13-32-24-22(18)23(30)26-20(27-24)14-31-12-10-21(29)28-11-9-16-3-1-2-4-19(16)28/h1-8,13H,9-12,14H2,(H,26,27,30). The zero-order valence-electron chi connectivity index (χ0n) is 17.1. The van der Waals surface area contributed by atoms with E-state index in [0.29, 0.717) is 34.0 Å². The van der Waals surface area contributed by atoms with Crippen molar-refractivity contribution in [3.05, 3.63) is 81.5 Å². The minimum atomic E-state index is -0.313. The summed E-state index contributed by atoms with van der Waals surface area (Å²) in [5.41, 5.74) is 3.59. The number of thiophene rings is 1. The number of aromatic nitrogens is 2. The number of benzene rings is 2. The Morgan fingerprint density at radius 2 is 2.00 bits per heavy atom. The summed E-state index contributed by atoms with van der Waals surface area (Å²) in [6.07, 6.45) is 1.35. The molecule has 4 aromatic rings. The molecule has 0 radical (unpaired) electrons. The molecule has 2 aromatic heterocycles. The summed E-state index contributed by atoms with van der Waals surface area (Å²) in [6, 6.07) is 14.1. The Kier molecular flexibility index (Phi) is 5.80. The van der Waals surface area contributed by atoms with Crippen molar-refractivity contribution in [2.45, 2.75) is 18.6 Å². The highest BCUT2D eigenvalue weighted by molar-refractivity contribution is 7.98. The molecule has 1 N–H and O–H groups in total. The van der Waals surface area contributed by atoms with Gasteiger partial charge in [0.2, 0.25) is 5.91 Å². The van der Waals surface area contributed by atoms with Crippen molar-refractivity contribution in [2.75, 3.05) is 17.2 Å². The second-order valence-corrected chi connectivity index (χ2v) is 9.54. The number of nitrogens with zero attached hydrogens (tertiary/aromatic N) is 2. The molecule has 1 aliphatic rings. The largest absolute Gasteiger partial charge is 0.312 e. The summed E-state index contributed by atoms with van der Waals surface area (Å²) in [6.45, 7) is 0.739. The molecule has 0 atom stereocenters. The van der Waals surface area contributed by atoms with Gasteiger partial charge in [-0.1, -0.05) is 30.3 Å². The summed E-state index contributed by atoms with van der Waals surface area (Å²) in [7, 11) is 0. The average molecular weight is 466 g/mol. The summed E-state index contributed by atoms with van der Waals surface area (Å²) >= 11 is 2.98. The fourth-order valence-corrected chi connectivity index (χ4v) is 5.72. The number of thioether (sulfide) groups is 1. The average Bonchev–Trinajstić information content (AvgIpc) is 3.42. The van der Waals surface area contributed by atoms with Gasteiger partial charge in [-0.05, 0) is 35.7 Å². The van der Waals surface area contributed by atoms with E-state index in [1.807, 2.05) is 28.5 Å². The number of hydrogen-bond donors (Lipinski definition) is 1. The molecule has 0 unspecified atom stereocenters. The monoisotopic (exact) mass is 465 g/mol. The summed E-state index contributed by atoms with van der Waals surface area (Å²) < 4.78 is 13.2. The van der Waals surface area contributed by atoms with Gasteiger partial charge in [0.05, 0.1) is 11.1 Å². The molecule has 8 heteroatoms. The van der Waals surface area contributed by atoms with Crippen LogP contribution in [0.1, 0.15) is 17.8 Å². The Morgan fingerprint density at radius 1 is 1.19 bits per heavy atom. The van der Waals surface area contributed by atoms with Crippen LogP contribution < -0.4 is 10.5 Å². The molecule has 162 valence electrons. The molecular formula is C24H20FN3O2S2. The van der Waals surface area contributed by atoms with Gasteiger partial charge >= 0.3 is 0 Å². The molecule has 0 fully saturated rings. The van der Waals surface area contributed by atoms with E-state index in [1.165, 1.54) is 29.0 Å². The summed E-state index contributed by atoms with van der Waals surface area (Å²) in [4.78, 5) is 35.3. The fraction of sp³-hybridized carbons (Fsp3) is 0.208. The molecule has 0 saturated heterocycles. The number of fused-ring (bicyclic) bond motifs is 2. The smallest absolute Gasteiger partial charge is 0.260 e. The second-order valence-electron chi connectivity index (χ2n) is 7.58. The number of halogens is 1. The Labute approximate surface area is 192 Å². The number of aromatic amines is 1. The Bertz CT molecular complexity index is 1350. The summed E-state index contributed by atoms with van der Waals surface area (Å²) in [5.74, 6) is 1.59. The van der Waals surface area contributed by atoms with Crippen LogP contribution >= 0.6 is 23.1 Å². The van der Waals surface area contributed by atoms with Gasteiger partial charge in [0.25, 0.3) is 5.56 Å². The molecule has 32 heavy (non-hydrogen) atoms. The van der Waals surface area contributed by atoms with Gasteiger partial charge in [-0.3, -0.25) is 9.59 Å². The molecule has 1 amide bonds. The Hall–Kier alpha value is -2.97. The first kappa shape index (κ1) is 20.9. The van der Waals surface area contributed by atoms with Crippen LogP contribution in [0.4, 0.5) is 10.1 Å².